The van der Waals surface area contributed by atoms with Crippen molar-refractivity contribution in [2.24, 2.45) is 0 Å². The maximum atomic E-state index is 6.17. The van der Waals surface area contributed by atoms with Gasteiger partial charge < -0.3 is 5.73 Å². The topological polar surface area (TPSA) is 26.0 Å². The van der Waals surface area contributed by atoms with Gasteiger partial charge in [-0.25, -0.2) is 0 Å². The van der Waals surface area contributed by atoms with E-state index >= 15 is 0 Å². The van der Waals surface area contributed by atoms with E-state index in [0.29, 0.717) is 5.92 Å². The van der Waals surface area contributed by atoms with Crippen LogP contribution in [0.15, 0.2) is 53.1 Å². The van der Waals surface area contributed by atoms with Gasteiger partial charge >= 0.3 is 0 Å². The van der Waals surface area contributed by atoms with E-state index in [9.17, 15) is 0 Å². The number of hydrogen-bond acceptors (Lipinski definition) is 1. The van der Waals surface area contributed by atoms with E-state index in [2.05, 4.69) is 51.1 Å². The van der Waals surface area contributed by atoms with Gasteiger partial charge in [0.1, 0.15) is 0 Å². The molecule has 2 aliphatic rings. The van der Waals surface area contributed by atoms with Gasteiger partial charge in [-0.2, -0.15) is 12.2 Å². The van der Waals surface area contributed by atoms with E-state index in [1.54, 1.807) is 0 Å². The second-order valence-electron chi connectivity index (χ2n) is 5.51. The van der Waals surface area contributed by atoms with Crippen LogP contribution in [0.5, 0.6) is 0 Å². The minimum absolute atomic E-state index is 0. The van der Waals surface area contributed by atoms with E-state index in [4.69, 9.17) is 5.73 Å². The van der Waals surface area contributed by atoms with Crippen LogP contribution >= 0.6 is 0 Å². The average Bonchev–Trinajstić information content (AvgIpc) is 2.96. The molecule has 1 unspecified atom stereocenters. The Morgan fingerprint density at radius 3 is 2.71 bits per heavy atom. The molecule has 0 saturated carbocycles. The summed E-state index contributed by atoms with van der Waals surface area (Å²) >= 11 is 0. The quantitative estimate of drug-likeness (QED) is 0.600. The fourth-order valence-electron chi connectivity index (χ4n) is 3.34. The fourth-order valence-corrected chi connectivity index (χ4v) is 3.34. The van der Waals surface area contributed by atoms with Crippen molar-refractivity contribution in [3.05, 3.63) is 70.3 Å². The molecule has 2 aliphatic carbocycles. The Hall–Kier alpha value is -1.14. The smallest absolute Gasteiger partial charge is 0.0386 e. The number of allylic oxidation sites excluding steroid dienone is 8. The zero-order valence-corrected chi connectivity index (χ0v) is 15.3. The number of rotatable bonds is 2. The summed E-state index contributed by atoms with van der Waals surface area (Å²) in [6.07, 6.45) is 11.1. The van der Waals surface area contributed by atoms with Crippen LogP contribution in [-0.2, 0) is 26.2 Å². The van der Waals surface area contributed by atoms with E-state index in [1.165, 1.54) is 33.4 Å². The molecule has 0 heterocycles. The molecular weight excluding hydrogens is 333 g/mol. The van der Waals surface area contributed by atoms with Crippen LogP contribution in [0, 0.1) is 6.08 Å². The van der Waals surface area contributed by atoms with Crippen molar-refractivity contribution in [1.82, 2.24) is 0 Å². The van der Waals surface area contributed by atoms with Gasteiger partial charge in [0.2, 0.25) is 0 Å². The maximum Gasteiger partial charge on any atom is 0.0386 e. The SMILES string of the molecule is CCC=C1[C-]=C(C2=C(C)c3c(N)cccc3C2C)C=C1.[Zr]. The number of benzene rings is 1. The van der Waals surface area contributed by atoms with Crippen LogP contribution in [0.3, 0.4) is 0 Å². The van der Waals surface area contributed by atoms with Crippen LogP contribution in [0.2, 0.25) is 0 Å². The predicted molar refractivity (Wildman–Crippen MR) is 86.1 cm³/mol. The maximum absolute atomic E-state index is 6.17. The summed E-state index contributed by atoms with van der Waals surface area (Å²) < 4.78 is 0. The molecular formula is C19H20NZr-. The van der Waals surface area contributed by atoms with Gasteiger partial charge in [-0.05, 0) is 30.0 Å². The number of nitrogen functional groups attached to an aromatic ring is 1. The number of anilines is 1. The molecule has 0 aromatic heterocycles. The normalized spacial score (nSPS) is 21.6. The first-order chi connectivity index (χ1) is 9.63. The van der Waals surface area contributed by atoms with Crippen molar-refractivity contribution < 1.29 is 26.2 Å². The molecule has 2 N–H and O–H groups in total. The van der Waals surface area contributed by atoms with Crippen LogP contribution in [-0.4, -0.2) is 0 Å². The summed E-state index contributed by atoms with van der Waals surface area (Å²) in [6, 6.07) is 6.23. The van der Waals surface area contributed by atoms with E-state index in [-0.39, 0.29) is 26.2 Å². The molecule has 0 radical (unpaired) electrons. The van der Waals surface area contributed by atoms with Crippen LogP contribution in [0.1, 0.15) is 44.2 Å². The molecule has 1 nitrogen and oxygen atoms in total. The monoisotopic (exact) mass is 352 g/mol. The van der Waals surface area contributed by atoms with Gasteiger partial charge in [0.15, 0.2) is 0 Å². The Labute approximate surface area is 146 Å². The van der Waals surface area contributed by atoms with E-state index in [0.717, 1.165) is 12.1 Å². The first-order valence-electron chi connectivity index (χ1n) is 7.25. The molecule has 1 aromatic carbocycles. The van der Waals surface area contributed by atoms with E-state index < -0.39 is 0 Å². The number of fused-ring (bicyclic) bond motifs is 1. The molecule has 1 atom stereocenters. The summed E-state index contributed by atoms with van der Waals surface area (Å²) in [7, 11) is 0. The Morgan fingerprint density at radius 1 is 1.29 bits per heavy atom. The Balaban J connectivity index is 0.00000161. The molecule has 0 amide bonds. The third-order valence-electron chi connectivity index (χ3n) is 4.23. The van der Waals surface area contributed by atoms with Crippen molar-refractivity contribution in [2.75, 3.05) is 5.73 Å². The largest absolute Gasteiger partial charge is 0.398 e. The van der Waals surface area contributed by atoms with Gasteiger partial charge in [0.05, 0.1) is 0 Å². The number of nitrogens with two attached hydrogens (primary N) is 1. The van der Waals surface area contributed by atoms with Crippen molar-refractivity contribution in [3.8, 4) is 0 Å². The van der Waals surface area contributed by atoms with Gasteiger partial charge in [0.25, 0.3) is 0 Å². The zero-order chi connectivity index (χ0) is 14.3. The van der Waals surface area contributed by atoms with Crippen molar-refractivity contribution in [2.45, 2.75) is 33.1 Å². The summed E-state index contributed by atoms with van der Waals surface area (Å²) in [5.74, 6) is 0.390. The van der Waals surface area contributed by atoms with Crippen molar-refractivity contribution in [1.29, 1.82) is 0 Å². The third-order valence-corrected chi connectivity index (χ3v) is 4.23. The molecule has 106 valence electrons. The second-order valence-corrected chi connectivity index (χ2v) is 5.51. The van der Waals surface area contributed by atoms with Crippen molar-refractivity contribution in [3.63, 3.8) is 0 Å². The number of hydrogen-bond donors (Lipinski definition) is 1. The molecule has 0 bridgehead atoms. The Morgan fingerprint density at radius 2 is 2.05 bits per heavy atom. The molecule has 0 fully saturated rings. The minimum Gasteiger partial charge on any atom is -0.398 e. The molecule has 3 rings (SSSR count). The summed E-state index contributed by atoms with van der Waals surface area (Å²) in [6.45, 7) is 6.59. The molecule has 0 aliphatic heterocycles. The van der Waals surface area contributed by atoms with Gasteiger partial charge in [-0.3, -0.25) is 0 Å². The van der Waals surface area contributed by atoms with Gasteiger partial charge in [0, 0.05) is 31.9 Å². The zero-order valence-electron chi connectivity index (χ0n) is 12.8. The molecule has 21 heavy (non-hydrogen) atoms. The van der Waals surface area contributed by atoms with Gasteiger partial charge in [-0.1, -0.05) is 43.5 Å². The summed E-state index contributed by atoms with van der Waals surface area (Å²) in [5.41, 5.74) is 14.7. The standard InChI is InChI=1S/C19H20N.Zr/c1-4-6-14-9-10-15(11-14)18-12(2)16-7-5-8-17(20)19(16)13(18)3;/h5-10,12H,4,20H2,1-3H3;/q-1;. The van der Waals surface area contributed by atoms with E-state index in [1.807, 2.05) is 12.1 Å². The van der Waals surface area contributed by atoms with Crippen LogP contribution in [0.4, 0.5) is 5.69 Å². The van der Waals surface area contributed by atoms with Gasteiger partial charge in [-0.15, -0.1) is 23.3 Å². The second kappa shape index (κ2) is 6.32. The summed E-state index contributed by atoms with van der Waals surface area (Å²) in [4.78, 5) is 0. The summed E-state index contributed by atoms with van der Waals surface area (Å²) in [5, 5.41) is 0. The molecule has 0 saturated heterocycles. The average molecular weight is 354 g/mol. The molecule has 0 spiro atoms. The molecule has 2 heteroatoms. The Kier molecular flexibility index (Phi) is 4.89. The van der Waals surface area contributed by atoms with Crippen molar-refractivity contribution >= 4 is 11.3 Å². The minimum atomic E-state index is 0. The molecule has 1 aromatic rings. The fraction of sp³-hybridized carbons (Fsp3) is 0.263. The predicted octanol–water partition coefficient (Wildman–Crippen LogP) is 4.79. The Bertz CT molecular complexity index is 690. The first-order valence-corrected chi connectivity index (χ1v) is 7.25. The third kappa shape index (κ3) is 2.67. The van der Waals surface area contributed by atoms with Crippen LogP contribution in [0.25, 0.3) is 5.57 Å². The first kappa shape index (κ1) is 16.2. The van der Waals surface area contributed by atoms with Crippen LogP contribution < -0.4 is 5.73 Å².